The smallest absolute Gasteiger partial charge is 0.190 e. The number of nitrogens with one attached hydrogen (secondary N) is 2. The Morgan fingerprint density at radius 3 is 2.88 bits per heavy atom. The molecule has 1 aromatic rings. The first-order valence-corrected chi connectivity index (χ1v) is 9.00. The highest BCUT2D eigenvalue weighted by atomic mass is 16.5. The van der Waals surface area contributed by atoms with E-state index < -0.39 is 0 Å². The number of guanidine groups is 1. The summed E-state index contributed by atoms with van der Waals surface area (Å²) in [7, 11) is 3.50. The lowest BCUT2D eigenvalue weighted by atomic mass is 10.1. The molecule has 2 N–H and O–H groups in total. The molecule has 0 aliphatic carbocycles. The Balaban J connectivity index is 1.59. The average Bonchev–Trinajstić information content (AvgIpc) is 3.14. The first kappa shape index (κ1) is 19.5. The van der Waals surface area contributed by atoms with Gasteiger partial charge in [-0.15, -0.1) is 0 Å². The molecule has 1 aliphatic rings. The molecule has 1 atom stereocenters. The summed E-state index contributed by atoms with van der Waals surface area (Å²) in [5.74, 6) is 1.76. The summed E-state index contributed by atoms with van der Waals surface area (Å²) >= 11 is 0. The number of rotatable bonds is 9. The highest BCUT2D eigenvalue weighted by Crippen LogP contribution is 2.18. The zero-order chi connectivity index (χ0) is 17.9. The predicted molar refractivity (Wildman–Crippen MR) is 101 cm³/mol. The third-order valence-electron chi connectivity index (χ3n) is 4.26. The molecular formula is C19H31N3O3. The fourth-order valence-electron chi connectivity index (χ4n) is 2.74. The van der Waals surface area contributed by atoms with E-state index >= 15 is 0 Å². The van der Waals surface area contributed by atoms with Crippen LogP contribution in [0.15, 0.2) is 23.2 Å². The third kappa shape index (κ3) is 6.92. The molecule has 1 aliphatic heterocycles. The summed E-state index contributed by atoms with van der Waals surface area (Å²) in [5, 5.41) is 6.65. The minimum atomic E-state index is 0.281. The van der Waals surface area contributed by atoms with E-state index in [1.807, 2.05) is 0 Å². The lowest BCUT2D eigenvalue weighted by molar-refractivity contribution is 0.0420. The largest absolute Gasteiger partial charge is 0.496 e. The Hall–Kier alpha value is -1.79. The van der Waals surface area contributed by atoms with Gasteiger partial charge < -0.3 is 24.8 Å². The maximum absolute atomic E-state index is 5.75. The predicted octanol–water partition coefficient (Wildman–Crippen LogP) is 1.91. The van der Waals surface area contributed by atoms with E-state index in [-0.39, 0.29) is 6.10 Å². The van der Waals surface area contributed by atoms with Gasteiger partial charge in [-0.25, -0.2) is 0 Å². The van der Waals surface area contributed by atoms with E-state index in [0.29, 0.717) is 0 Å². The van der Waals surface area contributed by atoms with Gasteiger partial charge in [-0.2, -0.15) is 0 Å². The number of ether oxygens (including phenoxy) is 3. The summed E-state index contributed by atoms with van der Waals surface area (Å²) < 4.78 is 16.4. The number of aryl methyl sites for hydroxylation is 1. The van der Waals surface area contributed by atoms with Crippen LogP contribution in [0.3, 0.4) is 0 Å². The lowest BCUT2D eigenvalue weighted by Gasteiger charge is -2.13. The van der Waals surface area contributed by atoms with Gasteiger partial charge in [-0.05, 0) is 43.4 Å². The molecule has 0 radical (unpaired) electrons. The zero-order valence-corrected chi connectivity index (χ0v) is 15.6. The van der Waals surface area contributed by atoms with Crippen molar-refractivity contribution in [1.82, 2.24) is 10.6 Å². The van der Waals surface area contributed by atoms with Gasteiger partial charge in [0.25, 0.3) is 0 Å². The van der Waals surface area contributed by atoms with Crippen LogP contribution in [0, 0.1) is 6.92 Å². The average molecular weight is 349 g/mol. The van der Waals surface area contributed by atoms with E-state index in [0.717, 1.165) is 69.4 Å². The monoisotopic (exact) mass is 349 g/mol. The number of benzene rings is 1. The first-order chi connectivity index (χ1) is 12.2. The number of methoxy groups -OCH3 is 1. The maximum atomic E-state index is 5.75. The number of aliphatic imine (C=N–C) groups is 1. The van der Waals surface area contributed by atoms with Crippen LogP contribution in [0.25, 0.3) is 0 Å². The molecule has 0 amide bonds. The summed E-state index contributed by atoms with van der Waals surface area (Å²) in [6, 6.07) is 6.33. The van der Waals surface area contributed by atoms with E-state index in [1.54, 1.807) is 14.2 Å². The van der Waals surface area contributed by atoms with Gasteiger partial charge in [0.15, 0.2) is 5.96 Å². The van der Waals surface area contributed by atoms with Crippen LogP contribution >= 0.6 is 0 Å². The standard InChI is InChI=1S/C19H31N3O3/c1-15-5-6-16(13-18(15)23-3)7-10-22-19(20-2)21-9-4-11-25-17-8-12-24-14-17/h5-6,13,17H,4,7-12,14H2,1-3H3,(H2,20,21,22). The van der Waals surface area contributed by atoms with Crippen molar-refractivity contribution in [2.75, 3.05) is 47.1 Å². The van der Waals surface area contributed by atoms with Gasteiger partial charge in [-0.3, -0.25) is 4.99 Å². The zero-order valence-electron chi connectivity index (χ0n) is 15.6. The molecule has 6 heteroatoms. The minimum Gasteiger partial charge on any atom is -0.496 e. The number of hydrogen-bond donors (Lipinski definition) is 2. The van der Waals surface area contributed by atoms with Crippen LogP contribution in [0.5, 0.6) is 5.75 Å². The molecule has 1 aromatic carbocycles. The second-order valence-corrected chi connectivity index (χ2v) is 6.19. The Morgan fingerprint density at radius 2 is 2.16 bits per heavy atom. The van der Waals surface area contributed by atoms with Crippen molar-refractivity contribution < 1.29 is 14.2 Å². The molecule has 0 aromatic heterocycles. The van der Waals surface area contributed by atoms with Crippen molar-refractivity contribution in [3.63, 3.8) is 0 Å². The molecule has 140 valence electrons. The summed E-state index contributed by atoms with van der Waals surface area (Å²) in [4.78, 5) is 4.25. The molecule has 6 nitrogen and oxygen atoms in total. The molecule has 0 bridgehead atoms. The Bertz CT molecular complexity index is 543. The normalized spacial score (nSPS) is 17.6. The van der Waals surface area contributed by atoms with Gasteiger partial charge in [0.05, 0.1) is 19.8 Å². The van der Waals surface area contributed by atoms with Crippen LogP contribution < -0.4 is 15.4 Å². The van der Waals surface area contributed by atoms with Gasteiger partial charge in [0.2, 0.25) is 0 Å². The Morgan fingerprint density at radius 1 is 1.32 bits per heavy atom. The lowest BCUT2D eigenvalue weighted by Crippen LogP contribution is -2.39. The van der Waals surface area contributed by atoms with Crippen molar-refractivity contribution in [3.05, 3.63) is 29.3 Å². The maximum Gasteiger partial charge on any atom is 0.190 e. The molecule has 0 spiro atoms. The van der Waals surface area contributed by atoms with Crippen LogP contribution in [0.4, 0.5) is 0 Å². The van der Waals surface area contributed by atoms with Crippen molar-refractivity contribution in [1.29, 1.82) is 0 Å². The van der Waals surface area contributed by atoms with Gasteiger partial charge in [0, 0.05) is 33.4 Å². The van der Waals surface area contributed by atoms with E-state index in [1.165, 1.54) is 5.56 Å². The highest BCUT2D eigenvalue weighted by Gasteiger charge is 2.15. The van der Waals surface area contributed by atoms with Gasteiger partial charge >= 0.3 is 0 Å². The van der Waals surface area contributed by atoms with Crippen LogP contribution in [-0.4, -0.2) is 59.1 Å². The van der Waals surface area contributed by atoms with E-state index in [4.69, 9.17) is 14.2 Å². The fourth-order valence-corrected chi connectivity index (χ4v) is 2.74. The third-order valence-corrected chi connectivity index (χ3v) is 4.26. The summed E-state index contributed by atoms with van der Waals surface area (Å²) in [6.45, 7) is 6.03. The second-order valence-electron chi connectivity index (χ2n) is 6.19. The molecular weight excluding hydrogens is 318 g/mol. The van der Waals surface area contributed by atoms with E-state index in [2.05, 4.69) is 40.7 Å². The number of nitrogens with zero attached hydrogens (tertiary/aromatic N) is 1. The van der Waals surface area contributed by atoms with Crippen molar-refractivity contribution >= 4 is 5.96 Å². The molecule has 0 saturated carbocycles. The van der Waals surface area contributed by atoms with Crippen molar-refractivity contribution in [3.8, 4) is 5.75 Å². The summed E-state index contributed by atoms with van der Waals surface area (Å²) in [5.41, 5.74) is 2.40. The number of hydrogen-bond acceptors (Lipinski definition) is 4. The Labute approximate surface area is 151 Å². The first-order valence-electron chi connectivity index (χ1n) is 9.00. The molecule has 1 saturated heterocycles. The second kappa shape index (κ2) is 10.9. The van der Waals surface area contributed by atoms with Crippen LogP contribution in [0.2, 0.25) is 0 Å². The Kier molecular flexibility index (Phi) is 8.55. The SMILES string of the molecule is CN=C(NCCCOC1CCOC1)NCCc1ccc(C)c(OC)c1. The van der Waals surface area contributed by atoms with Crippen LogP contribution in [-0.2, 0) is 15.9 Å². The van der Waals surface area contributed by atoms with Gasteiger partial charge in [0.1, 0.15) is 5.75 Å². The molecule has 1 fully saturated rings. The molecule has 1 unspecified atom stereocenters. The fraction of sp³-hybridized carbons (Fsp3) is 0.632. The molecule has 2 rings (SSSR count). The van der Waals surface area contributed by atoms with Gasteiger partial charge in [-0.1, -0.05) is 12.1 Å². The summed E-state index contributed by atoms with van der Waals surface area (Å²) in [6.07, 6.45) is 3.17. The van der Waals surface area contributed by atoms with Crippen LogP contribution in [0.1, 0.15) is 24.0 Å². The van der Waals surface area contributed by atoms with Crippen molar-refractivity contribution in [2.24, 2.45) is 4.99 Å². The molecule has 25 heavy (non-hydrogen) atoms. The minimum absolute atomic E-state index is 0.281. The highest BCUT2D eigenvalue weighted by molar-refractivity contribution is 5.79. The van der Waals surface area contributed by atoms with Crippen molar-refractivity contribution in [2.45, 2.75) is 32.3 Å². The quantitative estimate of drug-likeness (QED) is 0.405. The molecule has 1 heterocycles. The topological polar surface area (TPSA) is 64.1 Å². The van der Waals surface area contributed by atoms with E-state index in [9.17, 15) is 0 Å².